The minimum Gasteiger partial charge on any atom is -0.348 e. The van der Waals surface area contributed by atoms with Crippen LogP contribution in [0.1, 0.15) is 23.2 Å². The molecule has 0 radical (unpaired) electrons. The molecule has 0 bridgehead atoms. The zero-order chi connectivity index (χ0) is 14.7. The van der Waals surface area contributed by atoms with E-state index in [-0.39, 0.29) is 6.04 Å². The van der Waals surface area contributed by atoms with E-state index < -0.39 is 33.7 Å². The molecule has 0 saturated carbocycles. The highest BCUT2D eigenvalue weighted by molar-refractivity contribution is 5.95. The molecule has 0 spiro atoms. The summed E-state index contributed by atoms with van der Waals surface area (Å²) in [6.07, 6.45) is 1.53. The summed E-state index contributed by atoms with van der Waals surface area (Å²) in [5, 5.41) is 16.1. The third kappa shape index (κ3) is 2.90. The number of piperidine rings is 1. The lowest BCUT2D eigenvalue weighted by Gasteiger charge is -2.23. The molecular weight excluding hydrogens is 272 g/mol. The molecular formula is C12H13F2N3O3. The van der Waals surface area contributed by atoms with Crippen LogP contribution in [0, 0.1) is 21.7 Å². The van der Waals surface area contributed by atoms with E-state index in [9.17, 15) is 23.7 Å². The minimum absolute atomic E-state index is 0.241. The molecule has 0 aromatic heterocycles. The van der Waals surface area contributed by atoms with Crippen molar-refractivity contribution in [3.63, 3.8) is 0 Å². The average Bonchev–Trinajstić information content (AvgIpc) is 2.39. The summed E-state index contributed by atoms with van der Waals surface area (Å²) in [6.45, 7) is 1.33. The Hall–Kier alpha value is -2.09. The van der Waals surface area contributed by atoms with Gasteiger partial charge in [-0.1, -0.05) is 0 Å². The number of nitro groups is 1. The van der Waals surface area contributed by atoms with Gasteiger partial charge in [-0.2, -0.15) is 4.39 Å². The van der Waals surface area contributed by atoms with Crippen LogP contribution >= 0.6 is 0 Å². The first-order valence-electron chi connectivity index (χ1n) is 6.14. The Morgan fingerprint density at radius 2 is 2.20 bits per heavy atom. The molecule has 1 aromatic rings. The van der Waals surface area contributed by atoms with Gasteiger partial charge in [0.2, 0.25) is 5.82 Å². The van der Waals surface area contributed by atoms with Crippen molar-refractivity contribution in [2.24, 2.45) is 0 Å². The summed E-state index contributed by atoms with van der Waals surface area (Å²) in [6, 6.07) is 1.17. The van der Waals surface area contributed by atoms with Crippen LogP contribution in [0.3, 0.4) is 0 Å². The molecule has 8 heteroatoms. The van der Waals surface area contributed by atoms with Crippen LogP contribution in [-0.2, 0) is 0 Å². The van der Waals surface area contributed by atoms with Gasteiger partial charge in [0.05, 0.1) is 4.92 Å². The fourth-order valence-corrected chi connectivity index (χ4v) is 2.12. The highest BCUT2D eigenvalue weighted by Crippen LogP contribution is 2.23. The van der Waals surface area contributed by atoms with Crippen LogP contribution in [0.4, 0.5) is 14.5 Å². The van der Waals surface area contributed by atoms with Crippen LogP contribution < -0.4 is 10.6 Å². The summed E-state index contributed by atoms with van der Waals surface area (Å²) in [4.78, 5) is 21.5. The summed E-state index contributed by atoms with van der Waals surface area (Å²) < 4.78 is 27.4. The van der Waals surface area contributed by atoms with E-state index in [2.05, 4.69) is 10.6 Å². The van der Waals surface area contributed by atoms with Gasteiger partial charge in [-0.05, 0) is 25.5 Å². The maximum absolute atomic E-state index is 13.8. The third-order valence-corrected chi connectivity index (χ3v) is 3.13. The molecule has 1 atom stereocenters. The van der Waals surface area contributed by atoms with Gasteiger partial charge in [0.25, 0.3) is 5.91 Å². The lowest BCUT2D eigenvalue weighted by molar-refractivity contribution is -0.387. The number of halogens is 2. The Morgan fingerprint density at radius 3 is 2.80 bits per heavy atom. The number of rotatable bonds is 3. The van der Waals surface area contributed by atoms with Crippen molar-refractivity contribution >= 4 is 11.6 Å². The maximum atomic E-state index is 13.8. The zero-order valence-corrected chi connectivity index (χ0v) is 10.5. The smallest absolute Gasteiger partial charge is 0.305 e. The molecule has 1 heterocycles. The van der Waals surface area contributed by atoms with Crippen LogP contribution in [-0.4, -0.2) is 30.0 Å². The van der Waals surface area contributed by atoms with Crippen molar-refractivity contribution in [3.8, 4) is 0 Å². The zero-order valence-electron chi connectivity index (χ0n) is 10.5. The lowest BCUT2D eigenvalue weighted by Crippen LogP contribution is -2.46. The third-order valence-electron chi connectivity index (χ3n) is 3.13. The number of benzene rings is 1. The van der Waals surface area contributed by atoms with Gasteiger partial charge in [-0.3, -0.25) is 14.9 Å². The van der Waals surface area contributed by atoms with Gasteiger partial charge in [0, 0.05) is 18.7 Å². The normalized spacial score (nSPS) is 18.6. The van der Waals surface area contributed by atoms with Crippen molar-refractivity contribution < 1.29 is 18.5 Å². The largest absolute Gasteiger partial charge is 0.348 e. The van der Waals surface area contributed by atoms with E-state index in [0.717, 1.165) is 19.0 Å². The Bertz CT molecular complexity index is 545. The van der Waals surface area contributed by atoms with E-state index in [0.29, 0.717) is 19.0 Å². The molecule has 108 valence electrons. The van der Waals surface area contributed by atoms with Gasteiger partial charge in [0.15, 0.2) is 0 Å². The average molecular weight is 285 g/mol. The van der Waals surface area contributed by atoms with Gasteiger partial charge in [-0.15, -0.1) is 0 Å². The number of nitrogens with zero attached hydrogens (tertiary/aromatic N) is 1. The van der Waals surface area contributed by atoms with Crippen LogP contribution in [0.5, 0.6) is 0 Å². The number of carbonyl (C=O) groups excluding carboxylic acids is 1. The van der Waals surface area contributed by atoms with Crippen LogP contribution in [0.25, 0.3) is 0 Å². The second kappa shape index (κ2) is 5.91. The molecule has 2 N–H and O–H groups in total. The molecule has 1 amide bonds. The van der Waals surface area contributed by atoms with E-state index in [1.165, 1.54) is 0 Å². The van der Waals surface area contributed by atoms with Crippen molar-refractivity contribution in [1.82, 2.24) is 10.6 Å². The molecule has 20 heavy (non-hydrogen) atoms. The van der Waals surface area contributed by atoms with Gasteiger partial charge >= 0.3 is 5.69 Å². The Labute approximate surface area is 113 Å². The predicted molar refractivity (Wildman–Crippen MR) is 66.4 cm³/mol. The quantitative estimate of drug-likeness (QED) is 0.648. The number of hydrogen-bond donors (Lipinski definition) is 2. The van der Waals surface area contributed by atoms with Gasteiger partial charge < -0.3 is 10.6 Å². The second-order valence-electron chi connectivity index (χ2n) is 4.53. The molecule has 6 nitrogen and oxygen atoms in total. The number of nitro benzene ring substituents is 1. The lowest BCUT2D eigenvalue weighted by atomic mass is 10.1. The monoisotopic (exact) mass is 285 g/mol. The molecule has 1 saturated heterocycles. The molecule has 1 unspecified atom stereocenters. The number of carbonyl (C=O) groups is 1. The Kier molecular flexibility index (Phi) is 4.23. The van der Waals surface area contributed by atoms with E-state index >= 15 is 0 Å². The topological polar surface area (TPSA) is 84.3 Å². The van der Waals surface area contributed by atoms with Crippen LogP contribution in [0.2, 0.25) is 0 Å². The van der Waals surface area contributed by atoms with E-state index in [1.807, 2.05) is 0 Å². The first-order chi connectivity index (χ1) is 9.50. The summed E-state index contributed by atoms with van der Waals surface area (Å²) >= 11 is 0. The summed E-state index contributed by atoms with van der Waals surface area (Å²) in [5.74, 6) is -3.54. The van der Waals surface area contributed by atoms with Gasteiger partial charge in [0.1, 0.15) is 11.4 Å². The standard InChI is InChI=1S/C12H13F2N3O3/c13-8-3-4-9(17(19)20)11(14)10(8)12(18)16-7-2-1-5-15-6-7/h3-4,7,15H,1-2,5-6H2,(H,16,18). The first-order valence-corrected chi connectivity index (χ1v) is 6.14. The molecule has 1 aliphatic heterocycles. The summed E-state index contributed by atoms with van der Waals surface area (Å²) in [5.41, 5.74) is -1.83. The molecule has 1 aromatic carbocycles. The molecule has 1 aliphatic rings. The Morgan fingerprint density at radius 1 is 1.45 bits per heavy atom. The molecule has 2 rings (SSSR count). The van der Waals surface area contributed by atoms with Crippen molar-refractivity contribution in [3.05, 3.63) is 39.4 Å². The van der Waals surface area contributed by atoms with Gasteiger partial charge in [-0.25, -0.2) is 4.39 Å². The van der Waals surface area contributed by atoms with E-state index in [1.54, 1.807) is 0 Å². The van der Waals surface area contributed by atoms with Crippen LogP contribution in [0.15, 0.2) is 12.1 Å². The highest BCUT2D eigenvalue weighted by Gasteiger charge is 2.27. The number of nitrogens with one attached hydrogen (secondary N) is 2. The highest BCUT2D eigenvalue weighted by atomic mass is 19.1. The Balaban J connectivity index is 2.24. The van der Waals surface area contributed by atoms with Crippen molar-refractivity contribution in [1.29, 1.82) is 0 Å². The predicted octanol–water partition coefficient (Wildman–Crippen LogP) is 1.35. The number of amides is 1. The van der Waals surface area contributed by atoms with E-state index in [4.69, 9.17) is 0 Å². The second-order valence-corrected chi connectivity index (χ2v) is 4.53. The van der Waals surface area contributed by atoms with Crippen molar-refractivity contribution in [2.45, 2.75) is 18.9 Å². The molecule has 0 aliphatic carbocycles. The minimum atomic E-state index is -1.45. The fraction of sp³-hybridized carbons (Fsp3) is 0.417. The first kappa shape index (κ1) is 14.3. The van der Waals surface area contributed by atoms with Crippen molar-refractivity contribution in [2.75, 3.05) is 13.1 Å². The summed E-state index contributed by atoms with van der Waals surface area (Å²) in [7, 11) is 0. The maximum Gasteiger partial charge on any atom is 0.305 e. The number of hydrogen-bond acceptors (Lipinski definition) is 4. The SMILES string of the molecule is O=C(NC1CCCNC1)c1c(F)ccc([N+](=O)[O-])c1F. The fourth-order valence-electron chi connectivity index (χ4n) is 2.12. The molecule has 1 fully saturated rings.